The maximum absolute atomic E-state index is 10.8. The fraction of sp³-hybridized carbons (Fsp3) is 0.500. The second kappa shape index (κ2) is 7.48. The molecule has 0 aliphatic rings. The fourth-order valence-electron chi connectivity index (χ4n) is 1.43. The molecule has 0 radical (unpaired) electrons. The Morgan fingerprint density at radius 2 is 1.57 bits per heavy atom. The molecular weight excluding hydrogens is 281 g/mol. The molecule has 5 N–H and O–H groups in total. The van der Waals surface area contributed by atoms with Gasteiger partial charge in [-0.1, -0.05) is 18.2 Å². The van der Waals surface area contributed by atoms with Gasteiger partial charge in [-0.25, -0.2) is 0 Å². The zero-order valence-corrected chi connectivity index (χ0v) is 12.1. The molecule has 21 heavy (non-hydrogen) atoms. The van der Waals surface area contributed by atoms with Crippen molar-refractivity contribution in [3.63, 3.8) is 0 Å². The number of nitro benzene ring substituents is 1. The Morgan fingerprint density at radius 1 is 1.14 bits per heavy atom. The van der Waals surface area contributed by atoms with Gasteiger partial charge in [0, 0.05) is 18.1 Å². The summed E-state index contributed by atoms with van der Waals surface area (Å²) in [7, 11) is -2.17. The van der Waals surface area contributed by atoms with E-state index in [0.29, 0.717) is 5.56 Å². The Labute approximate surface area is 122 Å². The van der Waals surface area contributed by atoms with Gasteiger partial charge in [0.05, 0.1) is 16.1 Å². The van der Waals surface area contributed by atoms with Crippen LogP contribution in [-0.2, 0) is 6.42 Å². The molecule has 1 aromatic carbocycles. The summed E-state index contributed by atoms with van der Waals surface area (Å²) in [5.74, 6) is 0. The van der Waals surface area contributed by atoms with Crippen LogP contribution in [0.15, 0.2) is 24.3 Å². The van der Waals surface area contributed by atoms with Crippen LogP contribution < -0.4 is 0 Å². The summed E-state index contributed by atoms with van der Waals surface area (Å²) < 4.78 is 0. The lowest BCUT2D eigenvalue weighted by Gasteiger charge is -2.35. The van der Waals surface area contributed by atoms with E-state index in [-0.39, 0.29) is 12.1 Å². The Bertz CT molecular complexity index is 468. The summed E-state index contributed by atoms with van der Waals surface area (Å²) in [5, 5.41) is 52.3. The van der Waals surface area contributed by atoms with Gasteiger partial charge in [-0.05, 0) is 20.8 Å². The van der Waals surface area contributed by atoms with Crippen LogP contribution in [0.3, 0.4) is 0 Å². The highest BCUT2D eigenvalue weighted by Gasteiger charge is 2.38. The number of hydrogen-bond acceptors (Lipinski definition) is 7. The molecule has 0 aliphatic heterocycles. The minimum Gasteiger partial charge on any atom is -0.402 e. The number of nitrogens with zero attached hydrogens (tertiary/aromatic N) is 1. The van der Waals surface area contributed by atoms with Crippen LogP contribution in [0.25, 0.3) is 0 Å². The molecule has 0 saturated carbocycles. The molecule has 1 atom stereocenters. The second-order valence-electron chi connectivity index (χ2n) is 5.24. The number of nitro groups is 1. The van der Waals surface area contributed by atoms with E-state index in [2.05, 4.69) is 0 Å². The van der Waals surface area contributed by atoms with Crippen molar-refractivity contribution in [2.75, 3.05) is 0 Å². The van der Waals surface area contributed by atoms with E-state index in [0.717, 1.165) is 0 Å². The van der Waals surface area contributed by atoms with Gasteiger partial charge in [-0.3, -0.25) is 10.1 Å². The molecule has 0 spiro atoms. The smallest absolute Gasteiger partial charge is 0.402 e. The number of aliphatic hydroxyl groups is 2. The lowest BCUT2D eigenvalue weighted by molar-refractivity contribution is -0.385. The summed E-state index contributed by atoms with van der Waals surface area (Å²) in [4.78, 5) is 10.3. The van der Waals surface area contributed by atoms with E-state index in [4.69, 9.17) is 15.1 Å². The van der Waals surface area contributed by atoms with Gasteiger partial charge in [-0.15, -0.1) is 0 Å². The van der Waals surface area contributed by atoms with Crippen LogP contribution in [-0.4, -0.2) is 48.7 Å². The molecule has 9 heteroatoms. The molecule has 0 aliphatic carbocycles. The third-order valence-corrected chi connectivity index (χ3v) is 3.04. The van der Waals surface area contributed by atoms with Crippen molar-refractivity contribution in [1.29, 1.82) is 0 Å². The van der Waals surface area contributed by atoms with Crippen LogP contribution in [0, 0.1) is 10.1 Å². The summed E-state index contributed by atoms with van der Waals surface area (Å²) in [5.41, 5.74) is -2.41. The van der Waals surface area contributed by atoms with Crippen molar-refractivity contribution < 1.29 is 30.2 Å². The number of rotatable bonds is 4. The normalized spacial score (nSPS) is 13.7. The molecule has 1 unspecified atom stereocenters. The molecule has 0 aromatic heterocycles. The topological polar surface area (TPSA) is 144 Å². The van der Waals surface area contributed by atoms with E-state index in [1.54, 1.807) is 18.2 Å². The van der Waals surface area contributed by atoms with Gasteiger partial charge in [0.1, 0.15) is 0 Å². The summed E-state index contributed by atoms with van der Waals surface area (Å²) in [6, 6.07) is 6.21. The van der Waals surface area contributed by atoms with Gasteiger partial charge in [0.15, 0.2) is 0 Å². The maximum Gasteiger partial charge on any atom is 0.631 e. The minimum absolute atomic E-state index is 0.0215. The number of para-hydroxylation sites is 1. The van der Waals surface area contributed by atoms with Crippen molar-refractivity contribution in [3.05, 3.63) is 39.9 Å². The van der Waals surface area contributed by atoms with E-state index in [1.165, 1.54) is 26.8 Å². The Balaban J connectivity index is 0.000000885. The van der Waals surface area contributed by atoms with Crippen molar-refractivity contribution in [2.24, 2.45) is 0 Å². The highest BCUT2D eigenvalue weighted by molar-refractivity contribution is 6.30. The quantitative estimate of drug-likeness (QED) is 0.289. The summed E-state index contributed by atoms with van der Waals surface area (Å²) in [6.45, 7) is 4.41. The molecule has 0 saturated heterocycles. The zero-order valence-electron chi connectivity index (χ0n) is 12.1. The molecule has 0 heterocycles. The van der Waals surface area contributed by atoms with Gasteiger partial charge in [0.25, 0.3) is 5.69 Å². The van der Waals surface area contributed by atoms with Crippen molar-refractivity contribution >= 4 is 13.0 Å². The zero-order chi connectivity index (χ0) is 16.8. The molecule has 118 valence electrons. The average molecular weight is 301 g/mol. The highest BCUT2D eigenvalue weighted by Crippen LogP contribution is 2.29. The van der Waals surface area contributed by atoms with Gasteiger partial charge in [-0.2, -0.15) is 0 Å². The SMILES string of the molecule is CC(C)(O)C(C)(O)Cc1ccccc1[N+](=O)[O-].OB(O)O. The molecule has 8 nitrogen and oxygen atoms in total. The molecule has 0 bridgehead atoms. The molecule has 0 fully saturated rings. The molecule has 1 rings (SSSR count). The third kappa shape index (κ3) is 6.65. The first-order valence-corrected chi connectivity index (χ1v) is 6.10. The van der Waals surface area contributed by atoms with Crippen LogP contribution in [0.2, 0.25) is 0 Å². The van der Waals surface area contributed by atoms with Gasteiger partial charge < -0.3 is 25.3 Å². The lowest BCUT2D eigenvalue weighted by Crippen LogP contribution is -2.49. The van der Waals surface area contributed by atoms with Crippen LogP contribution >= 0.6 is 0 Å². The Hall–Kier alpha value is -1.52. The van der Waals surface area contributed by atoms with Crippen molar-refractivity contribution in [2.45, 2.75) is 38.4 Å². The largest absolute Gasteiger partial charge is 0.631 e. The molecule has 0 amide bonds. The predicted octanol–water partition coefficient (Wildman–Crippen LogP) is -0.393. The molecule has 1 aromatic rings. The molecular formula is C12H20BNO7. The first-order chi connectivity index (χ1) is 9.38. The lowest BCUT2D eigenvalue weighted by atomic mass is 9.82. The minimum atomic E-state index is -2.17. The first-order valence-electron chi connectivity index (χ1n) is 6.10. The van der Waals surface area contributed by atoms with Crippen LogP contribution in [0.4, 0.5) is 5.69 Å². The van der Waals surface area contributed by atoms with E-state index >= 15 is 0 Å². The van der Waals surface area contributed by atoms with Crippen molar-refractivity contribution in [1.82, 2.24) is 0 Å². The fourth-order valence-corrected chi connectivity index (χ4v) is 1.43. The highest BCUT2D eigenvalue weighted by atomic mass is 16.6. The maximum atomic E-state index is 10.8. The second-order valence-corrected chi connectivity index (χ2v) is 5.24. The number of benzene rings is 1. The summed E-state index contributed by atoms with van der Waals surface area (Å²) in [6.07, 6.45) is 0.0215. The monoisotopic (exact) mass is 301 g/mol. The van der Waals surface area contributed by atoms with Gasteiger partial charge >= 0.3 is 7.32 Å². The third-order valence-electron chi connectivity index (χ3n) is 3.04. The summed E-state index contributed by atoms with van der Waals surface area (Å²) >= 11 is 0. The predicted molar refractivity (Wildman–Crippen MR) is 76.1 cm³/mol. The van der Waals surface area contributed by atoms with Crippen molar-refractivity contribution in [3.8, 4) is 0 Å². The standard InChI is InChI=1S/C12H17NO4.BH3O3/c1-11(2,14)12(3,15)8-9-6-4-5-7-10(9)13(16)17;2-1(3)4/h4-7,14-15H,8H2,1-3H3;2-4H. The van der Waals surface area contributed by atoms with E-state index < -0.39 is 23.4 Å². The Morgan fingerprint density at radius 3 is 1.95 bits per heavy atom. The van der Waals surface area contributed by atoms with Crippen LogP contribution in [0.5, 0.6) is 0 Å². The average Bonchev–Trinajstić information content (AvgIpc) is 2.26. The van der Waals surface area contributed by atoms with Gasteiger partial charge in [0.2, 0.25) is 0 Å². The number of hydrogen-bond donors (Lipinski definition) is 5. The van der Waals surface area contributed by atoms with E-state index in [1.807, 2.05) is 0 Å². The Kier molecular flexibility index (Phi) is 6.94. The van der Waals surface area contributed by atoms with E-state index in [9.17, 15) is 20.3 Å². The first kappa shape index (κ1) is 19.5. The van der Waals surface area contributed by atoms with Crippen LogP contribution in [0.1, 0.15) is 26.3 Å².